The number of ether oxygens (including phenoxy) is 1. The Bertz CT molecular complexity index is 336. The van der Waals surface area contributed by atoms with E-state index in [-0.39, 0.29) is 12.5 Å². The number of nitrogens with zero attached hydrogens (tertiary/aromatic N) is 2. The van der Waals surface area contributed by atoms with Crippen molar-refractivity contribution in [2.75, 3.05) is 19.7 Å². The molecule has 0 N–H and O–H groups in total. The van der Waals surface area contributed by atoms with Crippen molar-refractivity contribution in [1.29, 1.82) is 0 Å². The SMILES string of the molecule is CCOC(=O)CN(CC)Cc1cc(C)no1. The second kappa shape index (κ2) is 6.27. The van der Waals surface area contributed by atoms with Gasteiger partial charge in [-0.15, -0.1) is 0 Å². The van der Waals surface area contributed by atoms with E-state index in [0.29, 0.717) is 13.2 Å². The molecule has 90 valence electrons. The van der Waals surface area contributed by atoms with Crippen LogP contribution in [-0.4, -0.2) is 35.7 Å². The molecule has 0 atom stereocenters. The number of likely N-dealkylation sites (N-methyl/N-ethyl adjacent to an activating group) is 1. The minimum Gasteiger partial charge on any atom is -0.465 e. The molecule has 1 aromatic heterocycles. The minimum atomic E-state index is -0.208. The molecule has 0 radical (unpaired) electrons. The third-order valence-electron chi connectivity index (χ3n) is 2.16. The summed E-state index contributed by atoms with van der Waals surface area (Å²) in [6, 6.07) is 1.87. The zero-order valence-electron chi connectivity index (χ0n) is 10.0. The molecule has 0 aliphatic heterocycles. The zero-order chi connectivity index (χ0) is 12.0. The van der Waals surface area contributed by atoms with E-state index in [4.69, 9.17) is 9.26 Å². The van der Waals surface area contributed by atoms with Gasteiger partial charge in [-0.05, 0) is 20.4 Å². The Labute approximate surface area is 95.4 Å². The minimum absolute atomic E-state index is 0.208. The van der Waals surface area contributed by atoms with Crippen molar-refractivity contribution in [3.63, 3.8) is 0 Å². The van der Waals surface area contributed by atoms with Gasteiger partial charge in [0.15, 0.2) is 5.76 Å². The molecule has 0 aliphatic carbocycles. The predicted octanol–water partition coefficient (Wildman–Crippen LogP) is 1.37. The van der Waals surface area contributed by atoms with Gasteiger partial charge in [-0.2, -0.15) is 0 Å². The van der Waals surface area contributed by atoms with Crippen molar-refractivity contribution >= 4 is 5.97 Å². The van der Waals surface area contributed by atoms with E-state index in [0.717, 1.165) is 18.0 Å². The maximum atomic E-state index is 11.3. The van der Waals surface area contributed by atoms with Gasteiger partial charge in [0, 0.05) is 6.07 Å². The molecule has 0 unspecified atom stereocenters. The van der Waals surface area contributed by atoms with Crippen LogP contribution in [0.1, 0.15) is 25.3 Å². The molecule has 5 heteroatoms. The second-order valence-corrected chi connectivity index (χ2v) is 3.54. The summed E-state index contributed by atoms with van der Waals surface area (Å²) in [6.07, 6.45) is 0. The fraction of sp³-hybridized carbons (Fsp3) is 0.636. The van der Waals surface area contributed by atoms with Crippen LogP contribution in [-0.2, 0) is 16.1 Å². The number of carbonyl (C=O) groups is 1. The Morgan fingerprint density at radius 2 is 2.31 bits per heavy atom. The molecule has 0 aliphatic rings. The normalized spacial score (nSPS) is 10.8. The number of rotatable bonds is 6. The molecule has 0 fully saturated rings. The van der Waals surface area contributed by atoms with Gasteiger partial charge in [-0.25, -0.2) is 0 Å². The first-order valence-electron chi connectivity index (χ1n) is 5.45. The summed E-state index contributed by atoms with van der Waals surface area (Å²) in [4.78, 5) is 13.2. The molecule has 0 amide bonds. The summed E-state index contributed by atoms with van der Waals surface area (Å²) in [6.45, 7) is 7.70. The summed E-state index contributed by atoms with van der Waals surface area (Å²) >= 11 is 0. The van der Waals surface area contributed by atoms with Crippen molar-refractivity contribution in [2.45, 2.75) is 27.3 Å². The Balaban J connectivity index is 2.45. The molecule has 0 bridgehead atoms. The third-order valence-corrected chi connectivity index (χ3v) is 2.16. The Hall–Kier alpha value is -1.36. The molecule has 0 aromatic carbocycles. The Morgan fingerprint density at radius 1 is 1.56 bits per heavy atom. The van der Waals surface area contributed by atoms with E-state index < -0.39 is 0 Å². The number of aromatic nitrogens is 1. The van der Waals surface area contributed by atoms with E-state index in [1.165, 1.54) is 0 Å². The van der Waals surface area contributed by atoms with E-state index in [1.54, 1.807) is 6.92 Å². The number of aryl methyl sites for hydroxylation is 1. The standard InChI is InChI=1S/C11H18N2O3/c1-4-13(8-11(14)15-5-2)7-10-6-9(3)12-16-10/h6H,4-5,7-8H2,1-3H3. The van der Waals surface area contributed by atoms with Crippen molar-refractivity contribution in [1.82, 2.24) is 10.1 Å². The van der Waals surface area contributed by atoms with Gasteiger partial charge in [-0.3, -0.25) is 9.69 Å². The molecule has 0 saturated carbocycles. The van der Waals surface area contributed by atoms with Gasteiger partial charge >= 0.3 is 5.97 Å². The summed E-state index contributed by atoms with van der Waals surface area (Å²) in [5.41, 5.74) is 0.849. The third kappa shape index (κ3) is 4.02. The largest absolute Gasteiger partial charge is 0.465 e. The van der Waals surface area contributed by atoms with Crippen LogP contribution in [0.4, 0.5) is 0 Å². The predicted molar refractivity (Wildman–Crippen MR) is 58.8 cm³/mol. The van der Waals surface area contributed by atoms with Crippen LogP contribution in [0.3, 0.4) is 0 Å². The molecule has 1 rings (SSSR count). The average Bonchev–Trinajstić information content (AvgIpc) is 2.63. The van der Waals surface area contributed by atoms with Crippen molar-refractivity contribution < 1.29 is 14.1 Å². The highest BCUT2D eigenvalue weighted by Crippen LogP contribution is 2.06. The van der Waals surface area contributed by atoms with Crippen LogP contribution < -0.4 is 0 Å². The van der Waals surface area contributed by atoms with E-state index in [2.05, 4.69) is 5.16 Å². The summed E-state index contributed by atoms with van der Waals surface area (Å²) < 4.78 is 9.98. The lowest BCUT2D eigenvalue weighted by molar-refractivity contribution is -0.144. The van der Waals surface area contributed by atoms with Crippen LogP contribution in [0.25, 0.3) is 0 Å². The van der Waals surface area contributed by atoms with Crippen LogP contribution in [0, 0.1) is 6.92 Å². The van der Waals surface area contributed by atoms with E-state index in [1.807, 2.05) is 24.8 Å². The monoisotopic (exact) mass is 226 g/mol. The number of carbonyl (C=O) groups excluding carboxylic acids is 1. The smallest absolute Gasteiger partial charge is 0.320 e. The molecule has 5 nitrogen and oxygen atoms in total. The summed E-state index contributed by atoms with van der Waals surface area (Å²) in [5.74, 6) is 0.559. The summed E-state index contributed by atoms with van der Waals surface area (Å²) in [5, 5.41) is 3.80. The van der Waals surface area contributed by atoms with E-state index in [9.17, 15) is 4.79 Å². The Morgan fingerprint density at radius 3 is 2.81 bits per heavy atom. The number of hydrogen-bond donors (Lipinski definition) is 0. The van der Waals surface area contributed by atoms with Crippen LogP contribution >= 0.6 is 0 Å². The molecule has 16 heavy (non-hydrogen) atoms. The number of hydrogen-bond acceptors (Lipinski definition) is 5. The van der Waals surface area contributed by atoms with Crippen LogP contribution in [0.2, 0.25) is 0 Å². The lowest BCUT2D eigenvalue weighted by atomic mass is 10.3. The van der Waals surface area contributed by atoms with Crippen molar-refractivity contribution in [2.24, 2.45) is 0 Å². The maximum Gasteiger partial charge on any atom is 0.320 e. The first-order valence-corrected chi connectivity index (χ1v) is 5.45. The first kappa shape index (κ1) is 12.7. The van der Waals surface area contributed by atoms with Gasteiger partial charge in [0.1, 0.15) is 0 Å². The highest BCUT2D eigenvalue weighted by Gasteiger charge is 2.12. The van der Waals surface area contributed by atoms with Gasteiger partial charge in [0.05, 0.1) is 25.4 Å². The van der Waals surface area contributed by atoms with Gasteiger partial charge < -0.3 is 9.26 Å². The quantitative estimate of drug-likeness (QED) is 0.686. The zero-order valence-corrected chi connectivity index (χ0v) is 10.0. The molecule has 0 saturated heterocycles. The van der Waals surface area contributed by atoms with Gasteiger partial charge in [0.2, 0.25) is 0 Å². The fourth-order valence-corrected chi connectivity index (χ4v) is 1.38. The summed E-state index contributed by atoms with van der Waals surface area (Å²) in [7, 11) is 0. The van der Waals surface area contributed by atoms with Gasteiger partial charge in [-0.1, -0.05) is 12.1 Å². The lowest BCUT2D eigenvalue weighted by Crippen LogP contribution is -2.30. The molecular formula is C11H18N2O3. The van der Waals surface area contributed by atoms with E-state index >= 15 is 0 Å². The highest BCUT2D eigenvalue weighted by atomic mass is 16.5. The number of esters is 1. The van der Waals surface area contributed by atoms with Crippen LogP contribution in [0.5, 0.6) is 0 Å². The topological polar surface area (TPSA) is 55.6 Å². The molecular weight excluding hydrogens is 208 g/mol. The highest BCUT2D eigenvalue weighted by molar-refractivity contribution is 5.71. The van der Waals surface area contributed by atoms with Gasteiger partial charge in [0.25, 0.3) is 0 Å². The Kier molecular flexibility index (Phi) is 4.98. The van der Waals surface area contributed by atoms with Crippen molar-refractivity contribution in [3.05, 3.63) is 17.5 Å². The molecule has 1 aromatic rings. The second-order valence-electron chi connectivity index (χ2n) is 3.54. The first-order chi connectivity index (χ1) is 7.65. The lowest BCUT2D eigenvalue weighted by Gasteiger charge is -2.17. The molecule has 0 spiro atoms. The average molecular weight is 226 g/mol. The molecule has 1 heterocycles. The fourth-order valence-electron chi connectivity index (χ4n) is 1.38. The van der Waals surface area contributed by atoms with Crippen molar-refractivity contribution in [3.8, 4) is 0 Å². The van der Waals surface area contributed by atoms with Crippen LogP contribution in [0.15, 0.2) is 10.6 Å². The maximum absolute atomic E-state index is 11.3.